The Morgan fingerprint density at radius 3 is 2.56 bits per heavy atom. The van der Waals surface area contributed by atoms with Crippen LogP contribution in [0.2, 0.25) is 0 Å². The van der Waals surface area contributed by atoms with Crippen molar-refractivity contribution in [3.8, 4) is 0 Å². The highest BCUT2D eigenvalue weighted by Crippen LogP contribution is 2.16. The van der Waals surface area contributed by atoms with E-state index in [1.807, 2.05) is 12.1 Å². The van der Waals surface area contributed by atoms with Crippen LogP contribution >= 0.6 is 0 Å². The van der Waals surface area contributed by atoms with Crippen molar-refractivity contribution in [1.82, 2.24) is 4.90 Å². The maximum absolute atomic E-state index is 11.4. The van der Waals surface area contributed by atoms with E-state index in [-0.39, 0.29) is 6.03 Å². The van der Waals surface area contributed by atoms with Crippen LogP contribution in [0.15, 0.2) is 18.2 Å². The molecule has 0 saturated heterocycles. The van der Waals surface area contributed by atoms with Gasteiger partial charge in [-0.05, 0) is 36.6 Å². The molecule has 0 saturated carbocycles. The minimum atomic E-state index is -0.0948. The van der Waals surface area contributed by atoms with Gasteiger partial charge in [0.1, 0.15) is 0 Å². The third kappa shape index (κ3) is 3.26. The van der Waals surface area contributed by atoms with Gasteiger partial charge in [0.15, 0.2) is 0 Å². The third-order valence-corrected chi connectivity index (χ3v) is 2.52. The second kappa shape index (κ2) is 5.54. The second-order valence-corrected chi connectivity index (χ2v) is 4.22. The summed E-state index contributed by atoms with van der Waals surface area (Å²) in [5.74, 6) is 0. The van der Waals surface area contributed by atoms with Crippen LogP contribution in [0.5, 0.6) is 0 Å². The van der Waals surface area contributed by atoms with Gasteiger partial charge >= 0.3 is 6.03 Å². The number of anilines is 1. The van der Waals surface area contributed by atoms with E-state index < -0.39 is 0 Å². The number of aryl methyl sites for hydroxylation is 2. The summed E-state index contributed by atoms with van der Waals surface area (Å²) in [6, 6.07) is 5.97. The second-order valence-electron chi connectivity index (χ2n) is 4.22. The molecule has 16 heavy (non-hydrogen) atoms. The minimum Gasteiger partial charge on any atom is -0.331 e. The normalized spacial score (nSPS) is 10.0. The topological polar surface area (TPSA) is 32.3 Å². The molecule has 0 aromatic heterocycles. The Morgan fingerprint density at radius 2 is 2.06 bits per heavy atom. The van der Waals surface area contributed by atoms with E-state index in [0.29, 0.717) is 0 Å². The van der Waals surface area contributed by atoms with Crippen LogP contribution < -0.4 is 5.32 Å². The molecule has 0 spiro atoms. The van der Waals surface area contributed by atoms with Gasteiger partial charge < -0.3 is 10.2 Å². The van der Waals surface area contributed by atoms with Gasteiger partial charge in [-0.15, -0.1) is 0 Å². The maximum Gasteiger partial charge on any atom is 0.321 e. The van der Waals surface area contributed by atoms with E-state index in [2.05, 4.69) is 25.2 Å². The average molecular weight is 220 g/mol. The molecule has 3 nitrogen and oxygen atoms in total. The van der Waals surface area contributed by atoms with Crippen molar-refractivity contribution in [3.63, 3.8) is 0 Å². The Hall–Kier alpha value is -1.51. The van der Waals surface area contributed by atoms with Crippen molar-refractivity contribution in [2.24, 2.45) is 0 Å². The van der Waals surface area contributed by atoms with Crippen LogP contribution in [-0.4, -0.2) is 25.0 Å². The highest BCUT2D eigenvalue weighted by molar-refractivity contribution is 5.89. The van der Waals surface area contributed by atoms with Crippen molar-refractivity contribution in [1.29, 1.82) is 0 Å². The average Bonchev–Trinajstić information content (AvgIpc) is 2.22. The fourth-order valence-electron chi connectivity index (χ4n) is 1.56. The lowest BCUT2D eigenvalue weighted by Gasteiger charge is -2.13. The van der Waals surface area contributed by atoms with Crippen molar-refractivity contribution in [3.05, 3.63) is 29.3 Å². The molecule has 0 heterocycles. The van der Waals surface area contributed by atoms with Crippen LogP contribution in [0.1, 0.15) is 24.5 Å². The van der Waals surface area contributed by atoms with Gasteiger partial charge in [-0.3, -0.25) is 0 Å². The monoisotopic (exact) mass is 220 g/mol. The lowest BCUT2D eigenvalue weighted by Crippen LogP contribution is -2.27. The van der Waals surface area contributed by atoms with Crippen LogP contribution in [0.25, 0.3) is 0 Å². The molecule has 88 valence electrons. The number of nitrogens with one attached hydrogen (secondary N) is 1. The Bertz CT molecular complexity index is 372. The zero-order valence-corrected chi connectivity index (χ0v) is 10.5. The van der Waals surface area contributed by atoms with E-state index in [4.69, 9.17) is 0 Å². The van der Waals surface area contributed by atoms with Gasteiger partial charge in [0.05, 0.1) is 0 Å². The van der Waals surface area contributed by atoms with Crippen LogP contribution in [0.3, 0.4) is 0 Å². The van der Waals surface area contributed by atoms with Crippen LogP contribution in [-0.2, 0) is 6.42 Å². The van der Waals surface area contributed by atoms with E-state index in [9.17, 15) is 4.79 Å². The quantitative estimate of drug-likeness (QED) is 0.834. The lowest BCUT2D eigenvalue weighted by atomic mass is 10.0. The summed E-state index contributed by atoms with van der Waals surface area (Å²) in [6.07, 6.45) is 2.23. The van der Waals surface area contributed by atoms with Gasteiger partial charge in [-0.25, -0.2) is 4.79 Å². The summed E-state index contributed by atoms with van der Waals surface area (Å²) in [4.78, 5) is 13.0. The predicted molar refractivity (Wildman–Crippen MR) is 67.9 cm³/mol. The van der Waals surface area contributed by atoms with Crippen LogP contribution in [0.4, 0.5) is 10.5 Å². The summed E-state index contributed by atoms with van der Waals surface area (Å²) in [7, 11) is 3.46. The molecule has 0 bridgehead atoms. The Morgan fingerprint density at radius 1 is 1.38 bits per heavy atom. The number of nitrogens with zero attached hydrogens (tertiary/aromatic N) is 1. The smallest absolute Gasteiger partial charge is 0.321 e. The number of carbonyl (C=O) groups excluding carboxylic acids is 1. The van der Waals surface area contributed by atoms with Gasteiger partial charge in [0.25, 0.3) is 0 Å². The number of carbonyl (C=O) groups is 1. The molecule has 2 amide bonds. The summed E-state index contributed by atoms with van der Waals surface area (Å²) < 4.78 is 0. The number of hydrogen-bond acceptors (Lipinski definition) is 1. The van der Waals surface area contributed by atoms with E-state index in [1.165, 1.54) is 16.0 Å². The number of benzene rings is 1. The molecular weight excluding hydrogens is 200 g/mol. The number of rotatable bonds is 3. The summed E-state index contributed by atoms with van der Waals surface area (Å²) in [6.45, 7) is 4.25. The number of urea groups is 1. The Labute approximate surface area is 97.5 Å². The predicted octanol–water partition coefficient (Wildman–Crippen LogP) is 3.04. The zero-order chi connectivity index (χ0) is 12.1. The molecule has 0 aliphatic heterocycles. The molecule has 0 aliphatic carbocycles. The molecule has 0 atom stereocenters. The summed E-state index contributed by atoms with van der Waals surface area (Å²) in [5, 5.41) is 2.84. The Balaban J connectivity index is 2.77. The minimum absolute atomic E-state index is 0.0948. The Kier molecular flexibility index (Phi) is 4.35. The van der Waals surface area contributed by atoms with Gasteiger partial charge in [0.2, 0.25) is 0 Å². The number of amides is 2. The molecule has 3 heteroatoms. The fraction of sp³-hybridized carbons (Fsp3) is 0.462. The van der Waals surface area contributed by atoms with Crippen molar-refractivity contribution >= 4 is 11.7 Å². The first-order valence-electron chi connectivity index (χ1n) is 5.62. The highest BCUT2D eigenvalue weighted by atomic mass is 16.2. The molecular formula is C13H20N2O. The molecule has 0 fully saturated rings. The maximum atomic E-state index is 11.4. The fourth-order valence-corrected chi connectivity index (χ4v) is 1.56. The standard InChI is InChI=1S/C13H20N2O/c1-5-6-11-7-8-12(9-10(11)2)14-13(16)15(3)4/h7-9H,5-6H2,1-4H3,(H,14,16). The molecule has 0 unspecified atom stereocenters. The molecule has 1 aromatic carbocycles. The van der Waals surface area contributed by atoms with Gasteiger partial charge in [0, 0.05) is 19.8 Å². The van der Waals surface area contributed by atoms with E-state index >= 15 is 0 Å². The van der Waals surface area contributed by atoms with Crippen molar-refractivity contribution in [2.75, 3.05) is 19.4 Å². The van der Waals surface area contributed by atoms with Gasteiger partial charge in [-0.2, -0.15) is 0 Å². The van der Waals surface area contributed by atoms with E-state index in [1.54, 1.807) is 14.1 Å². The molecule has 0 radical (unpaired) electrons. The van der Waals surface area contributed by atoms with E-state index in [0.717, 1.165) is 18.5 Å². The summed E-state index contributed by atoms with van der Waals surface area (Å²) in [5.41, 5.74) is 3.44. The largest absolute Gasteiger partial charge is 0.331 e. The van der Waals surface area contributed by atoms with Crippen molar-refractivity contribution in [2.45, 2.75) is 26.7 Å². The van der Waals surface area contributed by atoms with Gasteiger partial charge in [-0.1, -0.05) is 19.4 Å². The third-order valence-electron chi connectivity index (χ3n) is 2.52. The first-order valence-corrected chi connectivity index (χ1v) is 5.62. The highest BCUT2D eigenvalue weighted by Gasteiger charge is 2.05. The lowest BCUT2D eigenvalue weighted by molar-refractivity contribution is 0.230. The first-order chi connectivity index (χ1) is 7.54. The molecule has 0 aliphatic rings. The van der Waals surface area contributed by atoms with Crippen LogP contribution in [0, 0.1) is 6.92 Å². The summed E-state index contributed by atoms with van der Waals surface area (Å²) >= 11 is 0. The SMILES string of the molecule is CCCc1ccc(NC(=O)N(C)C)cc1C. The molecule has 1 rings (SSSR count). The first kappa shape index (κ1) is 12.6. The molecule has 1 aromatic rings. The number of hydrogen-bond donors (Lipinski definition) is 1. The molecule has 1 N–H and O–H groups in total. The van der Waals surface area contributed by atoms with Crippen molar-refractivity contribution < 1.29 is 4.79 Å². The zero-order valence-electron chi connectivity index (χ0n) is 10.5.